The van der Waals surface area contributed by atoms with Gasteiger partial charge in [-0.3, -0.25) is 4.40 Å². The third-order valence-corrected chi connectivity index (χ3v) is 4.65. The van der Waals surface area contributed by atoms with Crippen LogP contribution in [0.5, 0.6) is 0 Å². The fraction of sp³-hybridized carbons (Fsp3) is 0.417. The van der Waals surface area contributed by atoms with E-state index in [-0.39, 0.29) is 16.8 Å². The quantitative estimate of drug-likeness (QED) is 0.913. The van der Waals surface area contributed by atoms with Crippen molar-refractivity contribution in [3.8, 4) is 0 Å². The second kappa shape index (κ2) is 4.82. The number of nitrogens with zero attached hydrogens (tertiary/aromatic N) is 3. The molecule has 7 heteroatoms. The zero-order valence-corrected chi connectivity index (χ0v) is 12.1. The van der Waals surface area contributed by atoms with Crippen LogP contribution in [-0.4, -0.2) is 35.7 Å². The maximum Gasteiger partial charge on any atom is 0.262 e. The lowest BCUT2D eigenvalue weighted by atomic mass is 10.2. The number of hydrogen-bond donors (Lipinski definition) is 1. The number of aromatic nitrogens is 2. The van der Waals surface area contributed by atoms with Gasteiger partial charge in [0.1, 0.15) is 5.65 Å². The number of pyridine rings is 1. The predicted molar refractivity (Wildman–Crippen MR) is 74.3 cm³/mol. The summed E-state index contributed by atoms with van der Waals surface area (Å²) in [6.45, 7) is 4.36. The summed E-state index contributed by atoms with van der Waals surface area (Å²) < 4.78 is 27.9. The van der Waals surface area contributed by atoms with E-state index in [1.165, 1.54) is 8.71 Å². The van der Waals surface area contributed by atoms with Crippen LogP contribution in [0, 0.1) is 5.92 Å². The summed E-state index contributed by atoms with van der Waals surface area (Å²) in [5, 5.41) is 0.0336. The van der Waals surface area contributed by atoms with Gasteiger partial charge in [-0.15, -0.1) is 0 Å². The van der Waals surface area contributed by atoms with Gasteiger partial charge in [0, 0.05) is 19.8 Å². The molecular formula is C12H18N4O2S. The number of hydrogen-bond acceptors (Lipinski definition) is 4. The average Bonchev–Trinajstić information content (AvgIpc) is 2.64. The van der Waals surface area contributed by atoms with Crippen LogP contribution in [0.3, 0.4) is 0 Å². The molecule has 0 atom stereocenters. The first-order chi connectivity index (χ1) is 8.84. The largest absolute Gasteiger partial charge is 0.381 e. The van der Waals surface area contributed by atoms with Crippen molar-refractivity contribution in [3.05, 3.63) is 24.4 Å². The van der Waals surface area contributed by atoms with Crippen LogP contribution >= 0.6 is 0 Å². The van der Waals surface area contributed by atoms with Crippen LogP contribution in [0.2, 0.25) is 0 Å². The lowest BCUT2D eigenvalue weighted by Crippen LogP contribution is -2.31. The second-order valence-electron chi connectivity index (χ2n) is 4.91. The third-order valence-electron chi connectivity index (χ3n) is 2.79. The molecule has 0 aliphatic carbocycles. The molecule has 0 saturated carbocycles. The van der Waals surface area contributed by atoms with Gasteiger partial charge in [0.05, 0.1) is 0 Å². The summed E-state index contributed by atoms with van der Waals surface area (Å²) >= 11 is 0. The predicted octanol–water partition coefficient (Wildman–Crippen LogP) is 1.19. The molecule has 19 heavy (non-hydrogen) atoms. The van der Waals surface area contributed by atoms with E-state index in [0.717, 1.165) is 0 Å². The molecule has 0 aromatic carbocycles. The molecule has 104 valence electrons. The normalized spacial score (nSPS) is 12.7. The molecule has 0 spiro atoms. The summed E-state index contributed by atoms with van der Waals surface area (Å²) in [4.78, 5) is 4.08. The van der Waals surface area contributed by atoms with Crippen LogP contribution in [0.25, 0.3) is 5.65 Å². The van der Waals surface area contributed by atoms with Crippen LogP contribution in [0.4, 0.5) is 5.82 Å². The van der Waals surface area contributed by atoms with Crippen molar-refractivity contribution in [2.24, 2.45) is 5.92 Å². The number of fused-ring (bicyclic) bond motifs is 1. The van der Waals surface area contributed by atoms with Crippen LogP contribution < -0.4 is 5.73 Å². The summed E-state index contributed by atoms with van der Waals surface area (Å²) in [5.41, 5.74) is 6.29. The standard InChI is InChI=1S/C12H18N4O2S/c1-9(2)8-15(3)19(17,18)12-11(13)14-10-6-4-5-7-16(10)12/h4-7,9H,8,13H2,1-3H3. The van der Waals surface area contributed by atoms with Crippen molar-refractivity contribution in [1.82, 2.24) is 13.7 Å². The Bertz CT molecular complexity index is 691. The van der Waals surface area contributed by atoms with Gasteiger partial charge in [-0.2, -0.15) is 4.31 Å². The van der Waals surface area contributed by atoms with Gasteiger partial charge >= 0.3 is 0 Å². The van der Waals surface area contributed by atoms with Gasteiger partial charge in [-0.05, 0) is 18.1 Å². The molecule has 0 saturated heterocycles. The van der Waals surface area contributed by atoms with Crippen LogP contribution in [0.1, 0.15) is 13.8 Å². The van der Waals surface area contributed by atoms with Crippen molar-refractivity contribution < 1.29 is 8.42 Å². The van der Waals surface area contributed by atoms with E-state index < -0.39 is 10.0 Å². The molecule has 0 bridgehead atoms. The first-order valence-corrected chi connectivity index (χ1v) is 7.47. The highest BCUT2D eigenvalue weighted by atomic mass is 32.2. The van der Waals surface area contributed by atoms with Gasteiger partial charge in [-0.25, -0.2) is 13.4 Å². The van der Waals surface area contributed by atoms with Gasteiger partial charge in [0.15, 0.2) is 10.8 Å². The lowest BCUT2D eigenvalue weighted by Gasteiger charge is -2.18. The Hall–Kier alpha value is -1.60. The Morgan fingerprint density at radius 3 is 2.74 bits per heavy atom. The maximum atomic E-state index is 12.5. The Balaban J connectivity index is 2.57. The van der Waals surface area contributed by atoms with Crippen molar-refractivity contribution >= 4 is 21.5 Å². The first-order valence-electron chi connectivity index (χ1n) is 6.03. The maximum absolute atomic E-state index is 12.5. The fourth-order valence-electron chi connectivity index (χ4n) is 2.01. The SMILES string of the molecule is CC(C)CN(C)S(=O)(=O)c1c(N)nc2ccccn12. The molecule has 2 N–H and O–H groups in total. The molecule has 0 unspecified atom stereocenters. The zero-order chi connectivity index (χ0) is 14.2. The smallest absolute Gasteiger partial charge is 0.262 e. The Labute approximate surface area is 112 Å². The van der Waals surface area contributed by atoms with Crippen LogP contribution in [0.15, 0.2) is 29.4 Å². The van der Waals surface area contributed by atoms with Gasteiger partial charge in [0.2, 0.25) is 0 Å². The second-order valence-corrected chi connectivity index (χ2v) is 6.87. The zero-order valence-electron chi connectivity index (χ0n) is 11.2. The fourth-order valence-corrected chi connectivity index (χ4v) is 3.51. The number of sulfonamides is 1. The number of imidazole rings is 1. The van der Waals surface area contributed by atoms with E-state index in [9.17, 15) is 8.42 Å². The summed E-state index contributed by atoms with van der Waals surface area (Å²) in [6, 6.07) is 5.25. The number of nitrogens with two attached hydrogens (primary N) is 1. The van der Waals surface area contributed by atoms with Gasteiger partial charge in [-0.1, -0.05) is 19.9 Å². The van der Waals surface area contributed by atoms with E-state index in [2.05, 4.69) is 4.98 Å². The van der Waals surface area contributed by atoms with Crippen molar-refractivity contribution in [2.75, 3.05) is 19.3 Å². The van der Waals surface area contributed by atoms with E-state index >= 15 is 0 Å². The van der Waals surface area contributed by atoms with Crippen LogP contribution in [-0.2, 0) is 10.0 Å². The molecular weight excluding hydrogens is 264 g/mol. The van der Waals surface area contributed by atoms with E-state index in [0.29, 0.717) is 12.2 Å². The van der Waals surface area contributed by atoms with E-state index in [1.807, 2.05) is 13.8 Å². The van der Waals surface area contributed by atoms with Crippen molar-refractivity contribution in [3.63, 3.8) is 0 Å². The van der Waals surface area contributed by atoms with E-state index in [4.69, 9.17) is 5.73 Å². The number of nitrogen functional groups attached to an aromatic ring is 1. The Morgan fingerprint density at radius 1 is 1.42 bits per heavy atom. The molecule has 0 fully saturated rings. The minimum absolute atomic E-state index is 0.0295. The minimum atomic E-state index is -3.64. The van der Waals surface area contributed by atoms with Crippen molar-refractivity contribution in [1.29, 1.82) is 0 Å². The Morgan fingerprint density at radius 2 is 2.11 bits per heavy atom. The highest BCUT2D eigenvalue weighted by molar-refractivity contribution is 7.89. The summed E-state index contributed by atoms with van der Waals surface area (Å²) in [6.07, 6.45) is 1.65. The molecule has 0 amide bonds. The molecule has 2 aromatic heterocycles. The Kier molecular flexibility index (Phi) is 3.51. The van der Waals surface area contributed by atoms with Crippen molar-refractivity contribution in [2.45, 2.75) is 18.9 Å². The monoisotopic (exact) mass is 282 g/mol. The molecule has 2 aromatic rings. The average molecular weight is 282 g/mol. The molecule has 2 rings (SSSR count). The number of anilines is 1. The molecule has 0 aliphatic rings. The molecule has 0 radical (unpaired) electrons. The highest BCUT2D eigenvalue weighted by Crippen LogP contribution is 2.23. The van der Waals surface area contributed by atoms with Gasteiger partial charge < -0.3 is 5.73 Å². The van der Waals surface area contributed by atoms with Gasteiger partial charge in [0.25, 0.3) is 10.0 Å². The minimum Gasteiger partial charge on any atom is -0.381 e. The third kappa shape index (κ3) is 2.43. The highest BCUT2D eigenvalue weighted by Gasteiger charge is 2.28. The number of rotatable bonds is 4. The topological polar surface area (TPSA) is 80.7 Å². The molecule has 0 aliphatic heterocycles. The van der Waals surface area contributed by atoms with E-state index in [1.54, 1.807) is 31.4 Å². The molecule has 2 heterocycles. The summed E-state index contributed by atoms with van der Waals surface area (Å²) in [7, 11) is -2.09. The lowest BCUT2D eigenvalue weighted by molar-refractivity contribution is 0.415. The summed E-state index contributed by atoms with van der Waals surface area (Å²) in [5.74, 6) is 0.266. The molecule has 6 nitrogen and oxygen atoms in total. The first kappa shape index (κ1) is 13.8.